The highest BCUT2D eigenvalue weighted by atomic mass is 16.1. The molecule has 0 spiro atoms. The maximum Gasteiger partial charge on any atom is 0.219 e. The van der Waals surface area contributed by atoms with E-state index >= 15 is 0 Å². The van der Waals surface area contributed by atoms with Crippen molar-refractivity contribution >= 4 is 11.7 Å². The van der Waals surface area contributed by atoms with Gasteiger partial charge in [-0.1, -0.05) is 61.5 Å². The van der Waals surface area contributed by atoms with Crippen molar-refractivity contribution in [1.82, 2.24) is 5.32 Å². The second kappa shape index (κ2) is 6.66. The van der Waals surface area contributed by atoms with Crippen molar-refractivity contribution < 1.29 is 9.59 Å². The van der Waals surface area contributed by atoms with Gasteiger partial charge in [0.2, 0.25) is 5.91 Å². The molecule has 0 aliphatic rings. The first-order chi connectivity index (χ1) is 9.70. The van der Waals surface area contributed by atoms with Crippen molar-refractivity contribution in [3.05, 3.63) is 71.3 Å². The topological polar surface area (TPSA) is 46.2 Å². The summed E-state index contributed by atoms with van der Waals surface area (Å²) in [4.78, 5) is 23.4. The molecule has 0 saturated carbocycles. The molecule has 2 aromatic rings. The maximum atomic E-state index is 12.2. The Labute approximate surface area is 118 Å². The number of hydrogen-bond acceptors (Lipinski definition) is 2. The molecule has 0 fully saturated rings. The summed E-state index contributed by atoms with van der Waals surface area (Å²) in [7, 11) is 0. The second-order valence-corrected chi connectivity index (χ2v) is 4.52. The lowest BCUT2D eigenvalue weighted by Crippen LogP contribution is -2.21. The number of rotatable bonds is 5. The summed E-state index contributed by atoms with van der Waals surface area (Å²) in [6.07, 6.45) is 0.477. The average molecular weight is 267 g/mol. The van der Waals surface area contributed by atoms with Gasteiger partial charge in [0.15, 0.2) is 5.78 Å². The minimum absolute atomic E-state index is 0.00902. The SMILES string of the molecule is CCC(=O)NCc1ccc(C(=O)c2ccccc2)cc1. The first-order valence-electron chi connectivity index (χ1n) is 6.66. The smallest absolute Gasteiger partial charge is 0.219 e. The molecule has 0 aliphatic heterocycles. The van der Waals surface area contributed by atoms with E-state index in [1.165, 1.54) is 0 Å². The molecule has 2 aromatic carbocycles. The van der Waals surface area contributed by atoms with E-state index in [9.17, 15) is 9.59 Å². The Bertz CT molecular complexity index is 588. The molecule has 2 rings (SSSR count). The van der Waals surface area contributed by atoms with Gasteiger partial charge in [0.05, 0.1) is 0 Å². The Morgan fingerprint density at radius 1 is 0.900 bits per heavy atom. The van der Waals surface area contributed by atoms with Gasteiger partial charge >= 0.3 is 0 Å². The summed E-state index contributed by atoms with van der Waals surface area (Å²) in [6, 6.07) is 16.5. The molecule has 1 amide bonds. The zero-order valence-corrected chi connectivity index (χ0v) is 11.4. The van der Waals surface area contributed by atoms with Gasteiger partial charge in [-0.25, -0.2) is 0 Å². The summed E-state index contributed by atoms with van der Waals surface area (Å²) in [5, 5.41) is 2.81. The highest BCUT2D eigenvalue weighted by molar-refractivity contribution is 6.08. The molecule has 20 heavy (non-hydrogen) atoms. The number of benzene rings is 2. The van der Waals surface area contributed by atoms with Crippen LogP contribution >= 0.6 is 0 Å². The van der Waals surface area contributed by atoms with E-state index < -0.39 is 0 Å². The van der Waals surface area contributed by atoms with E-state index in [0.717, 1.165) is 5.56 Å². The van der Waals surface area contributed by atoms with Crippen molar-refractivity contribution in [2.24, 2.45) is 0 Å². The third-order valence-corrected chi connectivity index (χ3v) is 3.06. The standard InChI is InChI=1S/C17H17NO2/c1-2-16(19)18-12-13-8-10-15(11-9-13)17(20)14-6-4-3-5-7-14/h3-11H,2,12H2,1H3,(H,18,19). The molecule has 0 saturated heterocycles. The predicted octanol–water partition coefficient (Wildman–Crippen LogP) is 2.94. The van der Waals surface area contributed by atoms with Crippen LogP contribution < -0.4 is 5.32 Å². The Morgan fingerprint density at radius 3 is 2.10 bits per heavy atom. The van der Waals surface area contributed by atoms with Gasteiger partial charge in [-0.3, -0.25) is 9.59 Å². The lowest BCUT2D eigenvalue weighted by Gasteiger charge is -2.05. The number of ketones is 1. The minimum Gasteiger partial charge on any atom is -0.352 e. The monoisotopic (exact) mass is 267 g/mol. The number of hydrogen-bond donors (Lipinski definition) is 1. The molecule has 0 bridgehead atoms. The van der Waals surface area contributed by atoms with Crippen molar-refractivity contribution in [3.8, 4) is 0 Å². The van der Waals surface area contributed by atoms with Gasteiger partial charge in [0.25, 0.3) is 0 Å². The van der Waals surface area contributed by atoms with Crippen LogP contribution in [0.4, 0.5) is 0 Å². The number of amides is 1. The molecule has 1 N–H and O–H groups in total. The van der Waals surface area contributed by atoms with E-state index in [1.807, 2.05) is 37.3 Å². The summed E-state index contributed by atoms with van der Waals surface area (Å²) in [5.41, 5.74) is 2.32. The van der Waals surface area contributed by atoms with Crippen molar-refractivity contribution in [3.63, 3.8) is 0 Å². The minimum atomic E-state index is 0.00902. The van der Waals surface area contributed by atoms with E-state index in [1.54, 1.807) is 24.3 Å². The number of carbonyl (C=O) groups excluding carboxylic acids is 2. The second-order valence-electron chi connectivity index (χ2n) is 4.52. The number of carbonyl (C=O) groups is 2. The van der Waals surface area contributed by atoms with Gasteiger partial charge in [0, 0.05) is 24.1 Å². The van der Waals surface area contributed by atoms with Crippen LogP contribution in [0.2, 0.25) is 0 Å². The van der Waals surface area contributed by atoms with Crippen LogP contribution in [0.3, 0.4) is 0 Å². The fourth-order valence-electron chi connectivity index (χ4n) is 1.86. The third kappa shape index (κ3) is 3.54. The Hall–Kier alpha value is -2.42. The van der Waals surface area contributed by atoms with E-state index in [-0.39, 0.29) is 11.7 Å². The van der Waals surface area contributed by atoms with Crippen LogP contribution in [0.15, 0.2) is 54.6 Å². The van der Waals surface area contributed by atoms with Crippen molar-refractivity contribution in [2.45, 2.75) is 19.9 Å². The average Bonchev–Trinajstić information content (AvgIpc) is 2.53. The Morgan fingerprint density at radius 2 is 1.50 bits per heavy atom. The maximum absolute atomic E-state index is 12.2. The Balaban J connectivity index is 2.05. The van der Waals surface area contributed by atoms with Gasteiger partial charge < -0.3 is 5.32 Å². The lowest BCUT2D eigenvalue weighted by molar-refractivity contribution is -0.120. The summed E-state index contributed by atoms with van der Waals surface area (Å²) >= 11 is 0. The molecule has 0 unspecified atom stereocenters. The molecular weight excluding hydrogens is 250 g/mol. The zero-order valence-electron chi connectivity index (χ0n) is 11.4. The molecule has 0 heterocycles. The molecule has 0 atom stereocenters. The highest BCUT2D eigenvalue weighted by Gasteiger charge is 2.08. The fraction of sp³-hybridized carbons (Fsp3) is 0.176. The van der Waals surface area contributed by atoms with Crippen LogP contribution in [0.5, 0.6) is 0 Å². The Kier molecular flexibility index (Phi) is 4.66. The molecular formula is C17H17NO2. The molecule has 3 nitrogen and oxygen atoms in total. The fourth-order valence-corrected chi connectivity index (χ4v) is 1.86. The number of nitrogens with one attached hydrogen (secondary N) is 1. The van der Waals surface area contributed by atoms with Crippen LogP contribution in [-0.4, -0.2) is 11.7 Å². The molecule has 102 valence electrons. The molecule has 0 aromatic heterocycles. The lowest BCUT2D eigenvalue weighted by atomic mass is 10.0. The third-order valence-electron chi connectivity index (χ3n) is 3.06. The quantitative estimate of drug-likeness (QED) is 0.847. The first-order valence-corrected chi connectivity index (χ1v) is 6.66. The molecule has 0 aliphatic carbocycles. The van der Waals surface area contributed by atoms with Gasteiger partial charge in [-0.05, 0) is 5.56 Å². The van der Waals surface area contributed by atoms with Crippen LogP contribution in [0.1, 0.15) is 34.8 Å². The highest BCUT2D eigenvalue weighted by Crippen LogP contribution is 2.11. The molecule has 0 radical (unpaired) electrons. The normalized spacial score (nSPS) is 10.1. The molecule has 3 heteroatoms. The summed E-state index contributed by atoms with van der Waals surface area (Å²) < 4.78 is 0. The van der Waals surface area contributed by atoms with Gasteiger partial charge in [-0.15, -0.1) is 0 Å². The van der Waals surface area contributed by atoms with Crippen molar-refractivity contribution in [2.75, 3.05) is 0 Å². The summed E-state index contributed by atoms with van der Waals surface area (Å²) in [5.74, 6) is 0.0317. The van der Waals surface area contributed by atoms with Crippen LogP contribution in [0.25, 0.3) is 0 Å². The first kappa shape index (κ1) is 14.0. The largest absolute Gasteiger partial charge is 0.352 e. The van der Waals surface area contributed by atoms with E-state index in [2.05, 4.69) is 5.32 Å². The van der Waals surface area contributed by atoms with Crippen LogP contribution in [-0.2, 0) is 11.3 Å². The zero-order chi connectivity index (χ0) is 14.4. The van der Waals surface area contributed by atoms with Crippen LogP contribution in [0, 0.1) is 0 Å². The van der Waals surface area contributed by atoms with E-state index in [4.69, 9.17) is 0 Å². The van der Waals surface area contributed by atoms with E-state index in [0.29, 0.717) is 24.1 Å². The predicted molar refractivity (Wildman–Crippen MR) is 78.5 cm³/mol. The van der Waals surface area contributed by atoms with Gasteiger partial charge in [-0.2, -0.15) is 0 Å². The summed E-state index contributed by atoms with van der Waals surface area (Å²) in [6.45, 7) is 2.31. The van der Waals surface area contributed by atoms with Crippen molar-refractivity contribution in [1.29, 1.82) is 0 Å². The van der Waals surface area contributed by atoms with Gasteiger partial charge in [0.1, 0.15) is 0 Å².